The van der Waals surface area contributed by atoms with Crippen LogP contribution in [0.1, 0.15) is 38.5 Å². The summed E-state index contributed by atoms with van der Waals surface area (Å²) in [4.78, 5) is 24.9. The second-order valence-corrected chi connectivity index (χ2v) is 8.98. The highest BCUT2D eigenvalue weighted by atomic mass is 35.5. The van der Waals surface area contributed by atoms with Gasteiger partial charge in [0, 0.05) is 0 Å². The largest absolute Gasteiger partial charge is 0.455 e. The van der Waals surface area contributed by atoms with Gasteiger partial charge in [-0.1, -0.05) is 29.3 Å². The summed E-state index contributed by atoms with van der Waals surface area (Å²) in [6.07, 6.45) is 4.62. The fourth-order valence-corrected chi connectivity index (χ4v) is 5.87. The Morgan fingerprint density at radius 3 is 2.54 bits per heavy atom. The van der Waals surface area contributed by atoms with Crippen LogP contribution in [0.15, 0.2) is 18.2 Å². The van der Waals surface area contributed by atoms with Crippen LogP contribution in [0.5, 0.6) is 0 Å². The predicted molar refractivity (Wildman–Crippen MR) is 98.1 cm³/mol. The SMILES string of the molecule is O=C(COC(=O)C12CC3CC(CC(O)(C3)C1)C2)Nc1cccc(Cl)c1Cl. The molecule has 5 rings (SSSR count). The van der Waals surface area contributed by atoms with Crippen molar-refractivity contribution in [2.75, 3.05) is 11.9 Å². The highest BCUT2D eigenvalue weighted by Gasteiger charge is 2.60. The van der Waals surface area contributed by atoms with Crippen molar-refractivity contribution in [1.82, 2.24) is 0 Å². The van der Waals surface area contributed by atoms with E-state index in [1.54, 1.807) is 18.2 Å². The van der Waals surface area contributed by atoms with Crippen LogP contribution in [0, 0.1) is 17.3 Å². The molecule has 1 aromatic carbocycles. The molecule has 7 heteroatoms. The number of ether oxygens (including phenoxy) is 1. The molecule has 4 aliphatic rings. The molecule has 0 heterocycles. The summed E-state index contributed by atoms with van der Waals surface area (Å²) in [7, 11) is 0. The number of benzene rings is 1. The number of hydrogen-bond acceptors (Lipinski definition) is 4. The topological polar surface area (TPSA) is 75.6 Å². The van der Waals surface area contributed by atoms with Gasteiger partial charge in [0.25, 0.3) is 5.91 Å². The number of carbonyl (C=O) groups is 2. The molecule has 26 heavy (non-hydrogen) atoms. The second-order valence-electron chi connectivity index (χ2n) is 8.19. The van der Waals surface area contributed by atoms with Crippen molar-refractivity contribution < 1.29 is 19.4 Å². The third-order valence-electron chi connectivity index (χ3n) is 6.02. The first-order valence-electron chi connectivity index (χ1n) is 8.92. The molecule has 0 spiro atoms. The van der Waals surface area contributed by atoms with Crippen LogP contribution in [0.3, 0.4) is 0 Å². The quantitative estimate of drug-likeness (QED) is 0.757. The van der Waals surface area contributed by atoms with Gasteiger partial charge in [-0.2, -0.15) is 0 Å². The molecule has 4 aliphatic carbocycles. The number of halogens is 2. The van der Waals surface area contributed by atoms with Crippen molar-refractivity contribution >= 4 is 40.8 Å². The van der Waals surface area contributed by atoms with Gasteiger partial charge < -0.3 is 15.2 Å². The fraction of sp³-hybridized carbons (Fsp3) is 0.579. The number of amides is 1. The number of carbonyl (C=O) groups excluding carboxylic acids is 2. The van der Waals surface area contributed by atoms with Crippen molar-refractivity contribution in [2.45, 2.75) is 44.1 Å². The summed E-state index contributed by atoms with van der Waals surface area (Å²) in [5, 5.41) is 13.9. The predicted octanol–water partition coefficient (Wildman–Crippen LogP) is 3.81. The number of rotatable bonds is 4. The summed E-state index contributed by atoms with van der Waals surface area (Å²) < 4.78 is 5.34. The number of hydrogen-bond donors (Lipinski definition) is 2. The van der Waals surface area contributed by atoms with E-state index in [4.69, 9.17) is 27.9 Å². The van der Waals surface area contributed by atoms with E-state index in [2.05, 4.69) is 5.32 Å². The van der Waals surface area contributed by atoms with Crippen LogP contribution in [-0.2, 0) is 14.3 Å². The van der Waals surface area contributed by atoms with Gasteiger partial charge >= 0.3 is 5.97 Å². The van der Waals surface area contributed by atoms with Gasteiger partial charge in [-0.25, -0.2) is 0 Å². The van der Waals surface area contributed by atoms with Crippen LogP contribution in [-0.4, -0.2) is 29.2 Å². The van der Waals surface area contributed by atoms with Crippen LogP contribution < -0.4 is 5.32 Å². The summed E-state index contributed by atoms with van der Waals surface area (Å²) in [5.41, 5.74) is -0.990. The van der Waals surface area contributed by atoms with Gasteiger partial charge in [0.1, 0.15) is 0 Å². The zero-order valence-electron chi connectivity index (χ0n) is 14.3. The molecule has 2 atom stereocenters. The number of anilines is 1. The van der Waals surface area contributed by atoms with Gasteiger partial charge in [0.2, 0.25) is 0 Å². The minimum Gasteiger partial charge on any atom is -0.455 e. The zero-order valence-corrected chi connectivity index (χ0v) is 15.8. The first kappa shape index (κ1) is 18.1. The van der Waals surface area contributed by atoms with Crippen molar-refractivity contribution in [3.05, 3.63) is 28.2 Å². The van der Waals surface area contributed by atoms with E-state index in [0.717, 1.165) is 32.1 Å². The highest BCUT2D eigenvalue weighted by Crippen LogP contribution is 2.61. The van der Waals surface area contributed by atoms with E-state index >= 15 is 0 Å². The third-order valence-corrected chi connectivity index (χ3v) is 6.84. The van der Waals surface area contributed by atoms with Gasteiger partial charge in [-0.15, -0.1) is 0 Å². The minimum atomic E-state index is -0.736. The van der Waals surface area contributed by atoms with Gasteiger partial charge in [0.15, 0.2) is 6.61 Å². The van der Waals surface area contributed by atoms with Crippen molar-refractivity contribution in [3.8, 4) is 0 Å². The van der Waals surface area contributed by atoms with E-state index in [0.29, 0.717) is 29.0 Å². The Bertz CT molecular complexity index is 752. The molecule has 4 fully saturated rings. The van der Waals surface area contributed by atoms with E-state index in [1.807, 2.05) is 0 Å². The Kier molecular flexibility index (Phi) is 4.45. The van der Waals surface area contributed by atoms with E-state index in [1.165, 1.54) is 0 Å². The smallest absolute Gasteiger partial charge is 0.312 e. The maximum Gasteiger partial charge on any atom is 0.312 e. The maximum atomic E-state index is 12.8. The average molecular weight is 398 g/mol. The number of nitrogens with one attached hydrogen (secondary N) is 1. The molecule has 5 nitrogen and oxygen atoms in total. The van der Waals surface area contributed by atoms with Crippen molar-refractivity contribution in [1.29, 1.82) is 0 Å². The van der Waals surface area contributed by atoms with Crippen LogP contribution in [0.2, 0.25) is 10.0 Å². The minimum absolute atomic E-state index is 0.247. The molecule has 4 bridgehead atoms. The molecule has 140 valence electrons. The van der Waals surface area contributed by atoms with Gasteiger partial charge in [0.05, 0.1) is 26.7 Å². The standard InChI is InChI=1S/C19H21Cl2NO4/c20-13-2-1-3-14(16(13)21)22-15(23)9-26-17(24)18-5-11-4-12(6-18)8-19(25,7-11)10-18/h1-3,11-12,25H,4-10H2,(H,22,23). The van der Waals surface area contributed by atoms with Crippen LogP contribution in [0.25, 0.3) is 0 Å². The molecule has 0 radical (unpaired) electrons. The van der Waals surface area contributed by atoms with E-state index in [-0.39, 0.29) is 17.6 Å². The molecule has 0 aromatic heterocycles. The normalized spacial score (nSPS) is 34.6. The molecule has 1 amide bonds. The van der Waals surface area contributed by atoms with Gasteiger partial charge in [-0.05, 0) is 62.5 Å². The first-order chi connectivity index (χ1) is 12.3. The molecule has 2 N–H and O–H groups in total. The Balaban J connectivity index is 1.38. The molecule has 0 saturated heterocycles. The zero-order chi connectivity index (χ0) is 18.5. The monoisotopic (exact) mass is 397 g/mol. The summed E-state index contributed by atoms with van der Waals surface area (Å²) in [6.45, 7) is -0.378. The molecular formula is C19H21Cl2NO4. The van der Waals surface area contributed by atoms with Crippen LogP contribution in [0.4, 0.5) is 5.69 Å². The van der Waals surface area contributed by atoms with Crippen molar-refractivity contribution in [3.63, 3.8) is 0 Å². The summed E-state index contributed by atoms with van der Waals surface area (Å²) >= 11 is 12.0. The molecule has 4 saturated carbocycles. The van der Waals surface area contributed by atoms with Gasteiger partial charge in [-0.3, -0.25) is 9.59 Å². The first-order valence-corrected chi connectivity index (χ1v) is 9.68. The van der Waals surface area contributed by atoms with E-state index in [9.17, 15) is 14.7 Å². The highest BCUT2D eigenvalue weighted by molar-refractivity contribution is 6.44. The molecule has 1 aromatic rings. The Hall–Kier alpha value is -1.30. The summed E-state index contributed by atoms with van der Waals surface area (Å²) in [5.74, 6) is -0.0656. The maximum absolute atomic E-state index is 12.8. The third kappa shape index (κ3) is 3.21. The lowest BCUT2D eigenvalue weighted by Crippen LogP contribution is -2.58. The Morgan fingerprint density at radius 1 is 1.19 bits per heavy atom. The molecule has 2 unspecified atom stereocenters. The lowest BCUT2D eigenvalue weighted by molar-refractivity contribution is -0.196. The lowest BCUT2D eigenvalue weighted by Gasteiger charge is -2.58. The summed E-state index contributed by atoms with van der Waals surface area (Å²) in [6, 6.07) is 4.92. The fourth-order valence-electron chi connectivity index (χ4n) is 5.52. The van der Waals surface area contributed by atoms with E-state index < -0.39 is 16.9 Å². The number of aliphatic hydroxyl groups is 1. The second kappa shape index (κ2) is 6.39. The van der Waals surface area contributed by atoms with Crippen molar-refractivity contribution in [2.24, 2.45) is 17.3 Å². The molecule has 0 aliphatic heterocycles. The number of esters is 1. The molecular weight excluding hydrogens is 377 g/mol. The average Bonchev–Trinajstić information content (AvgIpc) is 2.54. The van der Waals surface area contributed by atoms with Crippen LogP contribution >= 0.6 is 23.2 Å². The Labute approximate surface area is 162 Å². The Morgan fingerprint density at radius 2 is 1.88 bits per heavy atom. The lowest BCUT2D eigenvalue weighted by atomic mass is 9.48.